The van der Waals surface area contributed by atoms with Crippen LogP contribution in [-0.4, -0.2) is 25.3 Å². The highest BCUT2D eigenvalue weighted by atomic mass is 16.5. The van der Waals surface area contributed by atoms with Crippen molar-refractivity contribution in [3.8, 4) is 0 Å². The molecule has 0 radical (unpaired) electrons. The van der Waals surface area contributed by atoms with Gasteiger partial charge in [-0.25, -0.2) is 0 Å². The molecule has 1 heterocycles. The van der Waals surface area contributed by atoms with E-state index >= 15 is 0 Å². The third-order valence-electron chi connectivity index (χ3n) is 2.51. The number of carbonyl (C=O) groups excluding carboxylic acids is 1. The first-order chi connectivity index (χ1) is 7.33. The Hall–Kier alpha value is -0.830. The van der Waals surface area contributed by atoms with Gasteiger partial charge in [-0.1, -0.05) is 6.08 Å². The van der Waals surface area contributed by atoms with Crippen LogP contribution in [0.2, 0.25) is 0 Å². The number of carbonyl (C=O) groups is 1. The van der Waals surface area contributed by atoms with Gasteiger partial charge in [0.15, 0.2) is 0 Å². The number of unbranched alkanes of at least 4 members (excludes halogenated alkanes) is 2. The van der Waals surface area contributed by atoms with Crippen molar-refractivity contribution in [1.29, 1.82) is 0 Å². The molecule has 0 spiro atoms. The first kappa shape index (κ1) is 12.2. The van der Waals surface area contributed by atoms with Crippen molar-refractivity contribution in [3.05, 3.63) is 12.7 Å². The molecule has 86 valence electrons. The van der Waals surface area contributed by atoms with Gasteiger partial charge < -0.3 is 9.47 Å². The molecule has 0 atom stereocenters. The van der Waals surface area contributed by atoms with Gasteiger partial charge in [-0.15, -0.1) is 6.58 Å². The maximum atomic E-state index is 11.4. The molecule has 1 rings (SSSR count). The molecule has 1 aliphatic heterocycles. The Morgan fingerprint density at radius 1 is 1.40 bits per heavy atom. The fourth-order valence-electron chi connectivity index (χ4n) is 1.60. The molecule has 1 aliphatic rings. The molecule has 15 heavy (non-hydrogen) atoms. The third kappa shape index (κ3) is 5.57. The number of ether oxygens (including phenoxy) is 2. The van der Waals surface area contributed by atoms with Gasteiger partial charge >= 0.3 is 5.97 Å². The second-order valence-corrected chi connectivity index (χ2v) is 3.84. The molecule has 0 saturated carbocycles. The van der Waals surface area contributed by atoms with Gasteiger partial charge in [-0.3, -0.25) is 4.79 Å². The quantitative estimate of drug-likeness (QED) is 0.385. The van der Waals surface area contributed by atoms with Crippen LogP contribution in [0.25, 0.3) is 0 Å². The minimum absolute atomic E-state index is 0.0639. The van der Waals surface area contributed by atoms with Crippen molar-refractivity contribution in [1.82, 2.24) is 0 Å². The standard InChI is InChI=1S/C12H20O3/c1-2-3-4-5-6-12(13)15-11-7-9-14-10-8-11/h2,11H,1,3-10H2. The Morgan fingerprint density at radius 3 is 2.80 bits per heavy atom. The summed E-state index contributed by atoms with van der Waals surface area (Å²) in [6.07, 6.45) is 7.09. The van der Waals surface area contributed by atoms with Crippen LogP contribution in [0, 0.1) is 0 Å². The molecule has 1 saturated heterocycles. The van der Waals surface area contributed by atoms with Crippen molar-refractivity contribution in [2.75, 3.05) is 13.2 Å². The van der Waals surface area contributed by atoms with E-state index in [-0.39, 0.29) is 12.1 Å². The average molecular weight is 212 g/mol. The van der Waals surface area contributed by atoms with Gasteiger partial charge in [0.05, 0.1) is 13.2 Å². The Bertz CT molecular complexity index is 195. The third-order valence-corrected chi connectivity index (χ3v) is 2.51. The van der Waals surface area contributed by atoms with Crippen LogP contribution in [0.5, 0.6) is 0 Å². The SMILES string of the molecule is C=CCCCCC(=O)OC1CCOCC1. The molecule has 3 nitrogen and oxygen atoms in total. The zero-order chi connectivity index (χ0) is 10.9. The number of hydrogen-bond donors (Lipinski definition) is 0. The van der Waals surface area contributed by atoms with Crippen molar-refractivity contribution < 1.29 is 14.3 Å². The highest BCUT2D eigenvalue weighted by Gasteiger charge is 2.17. The second kappa shape index (κ2) is 7.46. The fourth-order valence-corrected chi connectivity index (χ4v) is 1.60. The van der Waals surface area contributed by atoms with E-state index in [2.05, 4.69) is 6.58 Å². The molecular formula is C12H20O3. The summed E-state index contributed by atoms with van der Waals surface area (Å²) in [5.74, 6) is -0.0639. The number of allylic oxidation sites excluding steroid dienone is 1. The Balaban J connectivity index is 2.04. The molecule has 0 aromatic heterocycles. The summed E-state index contributed by atoms with van der Waals surface area (Å²) in [4.78, 5) is 11.4. The van der Waals surface area contributed by atoms with Crippen molar-refractivity contribution in [3.63, 3.8) is 0 Å². The predicted octanol–water partition coefficient (Wildman–Crippen LogP) is 2.46. The number of hydrogen-bond acceptors (Lipinski definition) is 3. The van der Waals surface area contributed by atoms with Gasteiger partial charge in [0.2, 0.25) is 0 Å². The fraction of sp³-hybridized carbons (Fsp3) is 0.750. The first-order valence-electron chi connectivity index (χ1n) is 5.71. The van der Waals surface area contributed by atoms with E-state index in [9.17, 15) is 4.79 Å². The molecule has 0 aliphatic carbocycles. The Morgan fingerprint density at radius 2 is 2.13 bits per heavy atom. The van der Waals surface area contributed by atoms with Gasteiger partial charge in [0, 0.05) is 19.3 Å². The maximum absolute atomic E-state index is 11.4. The van der Waals surface area contributed by atoms with Crippen molar-refractivity contribution in [2.24, 2.45) is 0 Å². The molecule has 0 amide bonds. The number of esters is 1. The van der Waals surface area contributed by atoms with Crippen LogP contribution in [-0.2, 0) is 14.3 Å². The summed E-state index contributed by atoms with van der Waals surface area (Å²) in [7, 11) is 0. The van der Waals surface area contributed by atoms with Gasteiger partial charge in [0.25, 0.3) is 0 Å². The van der Waals surface area contributed by atoms with E-state index in [0.717, 1.165) is 32.1 Å². The first-order valence-corrected chi connectivity index (χ1v) is 5.71. The maximum Gasteiger partial charge on any atom is 0.306 e. The lowest BCUT2D eigenvalue weighted by atomic mass is 10.1. The monoisotopic (exact) mass is 212 g/mol. The smallest absolute Gasteiger partial charge is 0.306 e. The molecule has 3 heteroatoms. The largest absolute Gasteiger partial charge is 0.462 e. The Kier molecular flexibility index (Phi) is 6.09. The second-order valence-electron chi connectivity index (χ2n) is 3.84. The van der Waals surface area contributed by atoms with Crippen LogP contribution >= 0.6 is 0 Å². The van der Waals surface area contributed by atoms with Crippen molar-refractivity contribution >= 4 is 5.97 Å². The summed E-state index contributed by atoms with van der Waals surface area (Å²) in [6, 6.07) is 0. The van der Waals surface area contributed by atoms with Gasteiger partial charge in [0.1, 0.15) is 6.10 Å². The van der Waals surface area contributed by atoms with Gasteiger partial charge in [-0.05, 0) is 19.3 Å². The molecule has 0 aromatic carbocycles. The van der Waals surface area contributed by atoms with Crippen molar-refractivity contribution in [2.45, 2.75) is 44.6 Å². The van der Waals surface area contributed by atoms with E-state index in [1.54, 1.807) is 0 Å². The lowest BCUT2D eigenvalue weighted by Crippen LogP contribution is -2.25. The molecule has 0 bridgehead atoms. The molecule has 0 unspecified atom stereocenters. The van der Waals surface area contributed by atoms with Crippen LogP contribution in [0.1, 0.15) is 38.5 Å². The Labute approximate surface area is 91.4 Å². The normalized spacial score (nSPS) is 17.3. The lowest BCUT2D eigenvalue weighted by molar-refractivity contribution is -0.153. The van der Waals surface area contributed by atoms with E-state index in [0.29, 0.717) is 19.6 Å². The minimum Gasteiger partial charge on any atom is -0.462 e. The predicted molar refractivity (Wildman–Crippen MR) is 58.6 cm³/mol. The zero-order valence-electron chi connectivity index (χ0n) is 9.24. The lowest BCUT2D eigenvalue weighted by Gasteiger charge is -2.22. The highest BCUT2D eigenvalue weighted by Crippen LogP contribution is 2.12. The van der Waals surface area contributed by atoms with Crippen LogP contribution in [0.3, 0.4) is 0 Å². The van der Waals surface area contributed by atoms with E-state index in [4.69, 9.17) is 9.47 Å². The summed E-state index contributed by atoms with van der Waals surface area (Å²) in [5, 5.41) is 0. The summed E-state index contributed by atoms with van der Waals surface area (Å²) in [6.45, 7) is 5.07. The van der Waals surface area contributed by atoms with E-state index in [1.807, 2.05) is 6.08 Å². The molecular weight excluding hydrogens is 192 g/mol. The minimum atomic E-state index is -0.0639. The highest BCUT2D eigenvalue weighted by molar-refractivity contribution is 5.69. The van der Waals surface area contributed by atoms with E-state index < -0.39 is 0 Å². The van der Waals surface area contributed by atoms with Gasteiger partial charge in [-0.2, -0.15) is 0 Å². The van der Waals surface area contributed by atoms with Crippen LogP contribution in [0.15, 0.2) is 12.7 Å². The number of rotatable bonds is 6. The van der Waals surface area contributed by atoms with Crippen LogP contribution < -0.4 is 0 Å². The summed E-state index contributed by atoms with van der Waals surface area (Å²) < 4.78 is 10.5. The molecule has 0 N–H and O–H groups in total. The average Bonchev–Trinajstić information content (AvgIpc) is 2.26. The van der Waals surface area contributed by atoms with Crippen LogP contribution in [0.4, 0.5) is 0 Å². The molecule has 0 aromatic rings. The van der Waals surface area contributed by atoms with E-state index in [1.165, 1.54) is 0 Å². The zero-order valence-corrected chi connectivity index (χ0v) is 9.24. The molecule has 1 fully saturated rings. The topological polar surface area (TPSA) is 35.5 Å². The summed E-state index contributed by atoms with van der Waals surface area (Å²) >= 11 is 0. The summed E-state index contributed by atoms with van der Waals surface area (Å²) in [5.41, 5.74) is 0.